The van der Waals surface area contributed by atoms with E-state index in [0.717, 1.165) is 12.3 Å². The lowest BCUT2D eigenvalue weighted by molar-refractivity contribution is -0.137. The van der Waals surface area contributed by atoms with Crippen molar-refractivity contribution >= 4 is 5.82 Å². The van der Waals surface area contributed by atoms with E-state index in [2.05, 4.69) is 9.97 Å². The Kier molecular flexibility index (Phi) is 4.45. The van der Waals surface area contributed by atoms with Crippen molar-refractivity contribution < 1.29 is 13.2 Å². The van der Waals surface area contributed by atoms with Crippen LogP contribution in [0.1, 0.15) is 5.56 Å². The number of nitrogens with one attached hydrogen (secondary N) is 1. The second-order valence-corrected chi connectivity index (χ2v) is 2.95. The van der Waals surface area contributed by atoms with Gasteiger partial charge in [0.25, 0.3) is 0 Å². The summed E-state index contributed by atoms with van der Waals surface area (Å²) in [5.74, 6) is -0.375. The van der Waals surface area contributed by atoms with Crippen LogP contribution < -0.4 is 0 Å². The van der Waals surface area contributed by atoms with Gasteiger partial charge in [-0.25, -0.2) is 0 Å². The molecule has 1 N–H and O–H groups in total. The first-order valence-corrected chi connectivity index (χ1v) is 4.60. The summed E-state index contributed by atoms with van der Waals surface area (Å²) in [4.78, 5) is 7.10. The largest absolute Gasteiger partial charge is 0.482 e. The molecule has 2 rings (SSSR count). The SMILES string of the molecule is [NH-]c1cc(C(F)(F)F)ccn1.c1ccncc1. The Morgan fingerprint density at radius 2 is 1.65 bits per heavy atom. The van der Waals surface area contributed by atoms with Gasteiger partial charge < -0.3 is 10.7 Å². The smallest absolute Gasteiger partial charge is 0.416 e. The predicted molar refractivity (Wildman–Crippen MR) is 57.5 cm³/mol. The van der Waals surface area contributed by atoms with E-state index in [1.807, 2.05) is 18.2 Å². The summed E-state index contributed by atoms with van der Waals surface area (Å²) in [6.45, 7) is 0. The molecule has 0 aliphatic heterocycles. The number of aromatic nitrogens is 2. The summed E-state index contributed by atoms with van der Waals surface area (Å²) in [7, 11) is 0. The summed E-state index contributed by atoms with van der Waals surface area (Å²) in [5.41, 5.74) is 5.97. The van der Waals surface area contributed by atoms with Crippen LogP contribution >= 0.6 is 0 Å². The summed E-state index contributed by atoms with van der Waals surface area (Å²) < 4.78 is 35.6. The normalized spacial score (nSPS) is 10.3. The van der Waals surface area contributed by atoms with Gasteiger partial charge >= 0.3 is 6.18 Å². The highest BCUT2D eigenvalue weighted by atomic mass is 19.4. The zero-order valence-electron chi connectivity index (χ0n) is 8.65. The average Bonchev–Trinajstić information content (AvgIpc) is 2.31. The van der Waals surface area contributed by atoms with Crippen LogP contribution in [0.15, 0.2) is 48.9 Å². The van der Waals surface area contributed by atoms with Crippen molar-refractivity contribution in [2.24, 2.45) is 0 Å². The van der Waals surface area contributed by atoms with E-state index in [1.165, 1.54) is 0 Å². The Hall–Kier alpha value is -2.11. The fraction of sp³-hybridized carbons (Fsp3) is 0.0909. The standard InChI is InChI=1S/C6H4F3N2.C5H5N/c7-6(8,9)4-1-2-11-5(10)3-4;1-2-4-6-5-3-1/h1-3H,(H-,10,11);1-5H/q-1;. The molecule has 0 fully saturated rings. The summed E-state index contributed by atoms with van der Waals surface area (Å²) in [5, 5.41) is 0. The molecule has 2 heterocycles. The van der Waals surface area contributed by atoms with Crippen molar-refractivity contribution in [1.29, 1.82) is 0 Å². The Bertz CT molecular complexity index is 417. The van der Waals surface area contributed by atoms with Crippen molar-refractivity contribution in [1.82, 2.24) is 9.97 Å². The topological polar surface area (TPSA) is 49.6 Å². The fourth-order valence-corrected chi connectivity index (χ4v) is 0.919. The third kappa shape index (κ3) is 4.96. The van der Waals surface area contributed by atoms with Crippen LogP contribution in [0, 0.1) is 0 Å². The molecule has 0 unspecified atom stereocenters. The molecular formula is C11H9F3N3-. The van der Waals surface area contributed by atoms with Crippen molar-refractivity contribution in [3.63, 3.8) is 0 Å². The van der Waals surface area contributed by atoms with E-state index in [0.29, 0.717) is 6.07 Å². The third-order valence-corrected chi connectivity index (χ3v) is 1.65. The van der Waals surface area contributed by atoms with Crippen molar-refractivity contribution in [3.05, 3.63) is 60.2 Å². The average molecular weight is 240 g/mol. The molecular weight excluding hydrogens is 231 g/mol. The lowest BCUT2D eigenvalue weighted by atomic mass is 10.2. The van der Waals surface area contributed by atoms with Crippen molar-refractivity contribution in [2.45, 2.75) is 6.18 Å². The zero-order valence-corrected chi connectivity index (χ0v) is 8.65. The first-order valence-electron chi connectivity index (χ1n) is 4.60. The minimum Gasteiger partial charge on any atom is -0.482 e. The van der Waals surface area contributed by atoms with E-state index < -0.39 is 11.7 Å². The van der Waals surface area contributed by atoms with Crippen LogP contribution in [0.4, 0.5) is 19.0 Å². The van der Waals surface area contributed by atoms with Gasteiger partial charge in [-0.05, 0) is 12.1 Å². The van der Waals surface area contributed by atoms with Gasteiger partial charge in [0.15, 0.2) is 0 Å². The minimum atomic E-state index is -4.38. The molecule has 17 heavy (non-hydrogen) atoms. The molecule has 0 bridgehead atoms. The molecule has 0 atom stereocenters. The van der Waals surface area contributed by atoms with Gasteiger partial charge in [-0.15, -0.1) is 0 Å². The van der Waals surface area contributed by atoms with Crippen LogP contribution in [0.2, 0.25) is 0 Å². The van der Waals surface area contributed by atoms with Gasteiger partial charge in [0.05, 0.1) is 5.56 Å². The van der Waals surface area contributed by atoms with Gasteiger partial charge in [-0.1, -0.05) is 30.2 Å². The molecule has 6 heteroatoms. The molecule has 2 aromatic rings. The van der Waals surface area contributed by atoms with Crippen molar-refractivity contribution in [2.75, 3.05) is 0 Å². The van der Waals surface area contributed by atoms with Gasteiger partial charge in [0, 0.05) is 12.4 Å². The first kappa shape index (κ1) is 13.0. The highest BCUT2D eigenvalue weighted by Gasteiger charge is 2.29. The van der Waals surface area contributed by atoms with Crippen LogP contribution in [0.3, 0.4) is 0 Å². The first-order chi connectivity index (χ1) is 8.00. The molecule has 0 aliphatic carbocycles. The third-order valence-electron chi connectivity index (χ3n) is 1.65. The van der Waals surface area contributed by atoms with E-state index in [4.69, 9.17) is 5.73 Å². The van der Waals surface area contributed by atoms with Crippen LogP contribution in [0.25, 0.3) is 5.73 Å². The quantitative estimate of drug-likeness (QED) is 0.701. The number of hydrogen-bond acceptors (Lipinski definition) is 2. The van der Waals surface area contributed by atoms with E-state index >= 15 is 0 Å². The maximum absolute atomic E-state index is 11.9. The number of rotatable bonds is 0. The molecule has 0 spiro atoms. The Morgan fingerprint density at radius 3 is 1.94 bits per heavy atom. The lowest BCUT2D eigenvalue weighted by Crippen LogP contribution is -2.04. The number of nitrogens with zero attached hydrogens (tertiary/aromatic N) is 2. The van der Waals surface area contributed by atoms with E-state index in [-0.39, 0.29) is 5.82 Å². The van der Waals surface area contributed by atoms with Gasteiger partial charge in [0.2, 0.25) is 0 Å². The highest BCUT2D eigenvalue weighted by Crippen LogP contribution is 2.29. The summed E-state index contributed by atoms with van der Waals surface area (Å²) in [6, 6.07) is 7.23. The minimum absolute atomic E-state index is 0.375. The Balaban J connectivity index is 0.000000202. The van der Waals surface area contributed by atoms with Gasteiger partial charge in [0.1, 0.15) is 0 Å². The molecule has 0 saturated heterocycles. The van der Waals surface area contributed by atoms with Crippen LogP contribution in [-0.2, 0) is 6.18 Å². The Morgan fingerprint density at radius 1 is 1.00 bits per heavy atom. The summed E-state index contributed by atoms with van der Waals surface area (Å²) in [6.07, 6.45) is 0.0872. The number of hydrogen-bond donors (Lipinski definition) is 0. The second-order valence-electron chi connectivity index (χ2n) is 2.95. The second kappa shape index (κ2) is 5.83. The predicted octanol–water partition coefficient (Wildman–Crippen LogP) is 3.87. The molecule has 0 saturated carbocycles. The number of halogens is 3. The lowest BCUT2D eigenvalue weighted by Gasteiger charge is -2.09. The summed E-state index contributed by atoms with van der Waals surface area (Å²) >= 11 is 0. The van der Waals surface area contributed by atoms with Crippen molar-refractivity contribution in [3.8, 4) is 0 Å². The zero-order chi connectivity index (χ0) is 12.7. The molecule has 0 aromatic carbocycles. The molecule has 90 valence electrons. The fourth-order valence-electron chi connectivity index (χ4n) is 0.919. The number of pyridine rings is 2. The molecule has 0 radical (unpaired) electrons. The molecule has 0 amide bonds. The molecule has 0 aliphatic rings. The van der Waals surface area contributed by atoms with E-state index in [9.17, 15) is 13.2 Å². The van der Waals surface area contributed by atoms with Crippen LogP contribution in [0.5, 0.6) is 0 Å². The maximum atomic E-state index is 11.9. The van der Waals surface area contributed by atoms with Gasteiger partial charge in [-0.3, -0.25) is 4.98 Å². The van der Waals surface area contributed by atoms with E-state index in [1.54, 1.807) is 12.4 Å². The monoisotopic (exact) mass is 240 g/mol. The Labute approximate surface area is 96.1 Å². The maximum Gasteiger partial charge on any atom is 0.416 e. The molecule has 2 aromatic heterocycles. The highest BCUT2D eigenvalue weighted by molar-refractivity contribution is 5.37. The van der Waals surface area contributed by atoms with Crippen LogP contribution in [-0.4, -0.2) is 9.97 Å². The molecule has 3 nitrogen and oxygen atoms in total. The number of alkyl halides is 3. The van der Waals surface area contributed by atoms with Gasteiger partial charge in [-0.2, -0.15) is 13.2 Å².